The third-order valence-corrected chi connectivity index (χ3v) is 4.27. The van der Waals surface area contributed by atoms with Crippen molar-refractivity contribution in [3.8, 4) is 0 Å². The van der Waals surface area contributed by atoms with Crippen molar-refractivity contribution in [1.82, 2.24) is 4.90 Å². The quantitative estimate of drug-likeness (QED) is 0.621. The van der Waals surface area contributed by atoms with Crippen LogP contribution in [0, 0.1) is 5.92 Å². The van der Waals surface area contributed by atoms with Crippen LogP contribution in [0.25, 0.3) is 0 Å². The molecule has 0 bridgehead atoms. The number of hydrogen-bond acceptors (Lipinski definition) is 6. The normalized spacial score (nSPS) is 14.9. The molecule has 1 aromatic rings. The molecule has 1 heterocycles. The molecule has 0 aromatic heterocycles. The first-order valence-corrected chi connectivity index (χ1v) is 9.28. The van der Waals surface area contributed by atoms with E-state index in [2.05, 4.69) is 10.1 Å². The van der Waals surface area contributed by atoms with Crippen LogP contribution in [0.2, 0.25) is 0 Å². The van der Waals surface area contributed by atoms with Crippen LogP contribution in [-0.4, -0.2) is 55.5 Å². The minimum Gasteiger partial charge on any atom is -0.465 e. The average Bonchev–Trinajstić information content (AvgIpc) is 2.65. The highest BCUT2D eigenvalue weighted by Crippen LogP contribution is 2.20. The molecule has 0 atom stereocenters. The zero-order chi connectivity index (χ0) is 20.7. The molecule has 1 aliphatic rings. The van der Waals surface area contributed by atoms with E-state index in [0.29, 0.717) is 24.3 Å². The molecule has 8 heteroatoms. The number of benzene rings is 1. The number of amides is 2. The van der Waals surface area contributed by atoms with E-state index in [-0.39, 0.29) is 18.6 Å². The van der Waals surface area contributed by atoms with Crippen molar-refractivity contribution in [3.63, 3.8) is 0 Å². The van der Waals surface area contributed by atoms with E-state index in [1.807, 2.05) is 20.8 Å². The van der Waals surface area contributed by atoms with Crippen LogP contribution in [0.3, 0.4) is 0 Å². The van der Waals surface area contributed by atoms with Crippen LogP contribution in [0.15, 0.2) is 24.3 Å². The van der Waals surface area contributed by atoms with Gasteiger partial charge in [-0.25, -0.2) is 14.4 Å². The first-order valence-electron chi connectivity index (χ1n) is 9.28. The van der Waals surface area contributed by atoms with Crippen molar-refractivity contribution >= 4 is 23.8 Å². The van der Waals surface area contributed by atoms with Crippen LogP contribution in [0.5, 0.6) is 0 Å². The summed E-state index contributed by atoms with van der Waals surface area (Å²) in [4.78, 5) is 37.1. The number of anilines is 1. The number of likely N-dealkylation sites (tertiary alicyclic amines) is 1. The summed E-state index contributed by atoms with van der Waals surface area (Å²) in [6.45, 7) is 6.97. The highest BCUT2D eigenvalue weighted by molar-refractivity contribution is 5.91. The highest BCUT2D eigenvalue weighted by atomic mass is 16.6. The molecule has 1 fully saturated rings. The summed E-state index contributed by atoms with van der Waals surface area (Å²) >= 11 is 0. The summed E-state index contributed by atoms with van der Waals surface area (Å²) in [5.74, 6) is -0.238. The Bertz CT molecular complexity index is 688. The Labute approximate surface area is 165 Å². The Hall–Kier alpha value is -2.77. The summed E-state index contributed by atoms with van der Waals surface area (Å²) < 4.78 is 15.3. The van der Waals surface area contributed by atoms with Gasteiger partial charge in [-0.2, -0.15) is 0 Å². The Balaban J connectivity index is 1.71. The molecule has 0 spiro atoms. The second-order valence-corrected chi connectivity index (χ2v) is 7.70. The van der Waals surface area contributed by atoms with Crippen molar-refractivity contribution in [1.29, 1.82) is 0 Å². The van der Waals surface area contributed by atoms with Crippen molar-refractivity contribution in [2.75, 3.05) is 32.1 Å². The van der Waals surface area contributed by atoms with E-state index in [4.69, 9.17) is 9.47 Å². The summed E-state index contributed by atoms with van der Waals surface area (Å²) in [5.41, 5.74) is 0.417. The van der Waals surface area contributed by atoms with Gasteiger partial charge in [0.25, 0.3) is 0 Å². The molecular weight excluding hydrogens is 364 g/mol. The van der Waals surface area contributed by atoms with Crippen LogP contribution in [0.4, 0.5) is 15.3 Å². The van der Waals surface area contributed by atoms with E-state index in [9.17, 15) is 14.4 Å². The standard InChI is InChI=1S/C20H28N2O6/c1-20(2,3)28-19(25)22-11-9-14(10-12-22)13-27-18(24)21-16-7-5-15(6-8-16)17(23)26-4/h5-8,14H,9-13H2,1-4H3,(H,21,24). The maximum Gasteiger partial charge on any atom is 0.411 e. The number of esters is 1. The zero-order valence-electron chi connectivity index (χ0n) is 16.8. The van der Waals surface area contributed by atoms with Crippen molar-refractivity contribution < 1.29 is 28.6 Å². The molecule has 2 amide bonds. The summed E-state index contributed by atoms with van der Waals surface area (Å²) in [6, 6.07) is 6.33. The molecule has 0 aliphatic carbocycles. The van der Waals surface area contributed by atoms with Crippen molar-refractivity contribution in [2.45, 2.75) is 39.2 Å². The van der Waals surface area contributed by atoms with Crippen molar-refractivity contribution in [2.24, 2.45) is 5.92 Å². The van der Waals surface area contributed by atoms with Crippen LogP contribution in [0.1, 0.15) is 44.0 Å². The average molecular weight is 392 g/mol. The number of rotatable bonds is 4. The predicted octanol–water partition coefficient (Wildman–Crippen LogP) is 3.67. The van der Waals surface area contributed by atoms with Gasteiger partial charge in [0.15, 0.2) is 0 Å². The minimum atomic E-state index is -0.555. The monoisotopic (exact) mass is 392 g/mol. The highest BCUT2D eigenvalue weighted by Gasteiger charge is 2.27. The van der Waals surface area contributed by atoms with E-state index < -0.39 is 17.7 Å². The second kappa shape index (κ2) is 9.43. The predicted molar refractivity (Wildman–Crippen MR) is 103 cm³/mol. The summed E-state index contributed by atoms with van der Waals surface area (Å²) in [6.07, 6.45) is 0.640. The van der Waals surface area contributed by atoms with Crippen LogP contribution < -0.4 is 5.32 Å². The zero-order valence-corrected chi connectivity index (χ0v) is 16.8. The molecule has 0 radical (unpaired) electrons. The Kier molecular flexibility index (Phi) is 7.25. The van der Waals surface area contributed by atoms with Gasteiger partial charge in [0, 0.05) is 18.8 Å². The number of nitrogens with one attached hydrogen (secondary N) is 1. The molecule has 0 unspecified atom stereocenters. The fourth-order valence-corrected chi connectivity index (χ4v) is 2.76. The van der Waals surface area contributed by atoms with E-state index in [1.165, 1.54) is 7.11 Å². The number of carbonyl (C=O) groups is 3. The van der Waals surface area contributed by atoms with E-state index in [0.717, 1.165) is 12.8 Å². The number of ether oxygens (including phenoxy) is 3. The lowest BCUT2D eigenvalue weighted by molar-refractivity contribution is 0.0152. The van der Waals surface area contributed by atoms with Gasteiger partial charge in [-0.05, 0) is 63.8 Å². The first kappa shape index (κ1) is 21.5. The lowest BCUT2D eigenvalue weighted by atomic mass is 9.98. The Morgan fingerprint density at radius 2 is 1.71 bits per heavy atom. The summed E-state index contributed by atoms with van der Waals surface area (Å²) in [5, 5.41) is 2.62. The number of methoxy groups -OCH3 is 1. The Morgan fingerprint density at radius 3 is 2.25 bits per heavy atom. The third kappa shape index (κ3) is 6.75. The van der Waals surface area contributed by atoms with Gasteiger partial charge >= 0.3 is 18.2 Å². The van der Waals surface area contributed by atoms with Gasteiger partial charge in [0.2, 0.25) is 0 Å². The van der Waals surface area contributed by atoms with Gasteiger partial charge in [-0.1, -0.05) is 0 Å². The fourth-order valence-electron chi connectivity index (χ4n) is 2.76. The maximum absolute atomic E-state index is 12.1. The van der Waals surface area contributed by atoms with Crippen LogP contribution >= 0.6 is 0 Å². The first-order chi connectivity index (χ1) is 13.2. The molecule has 8 nitrogen and oxygen atoms in total. The minimum absolute atomic E-state index is 0.200. The fraction of sp³-hybridized carbons (Fsp3) is 0.550. The molecule has 154 valence electrons. The largest absolute Gasteiger partial charge is 0.465 e. The lowest BCUT2D eigenvalue weighted by Crippen LogP contribution is -2.42. The smallest absolute Gasteiger partial charge is 0.411 e. The van der Waals surface area contributed by atoms with Gasteiger partial charge in [-0.15, -0.1) is 0 Å². The van der Waals surface area contributed by atoms with Crippen molar-refractivity contribution in [3.05, 3.63) is 29.8 Å². The third-order valence-electron chi connectivity index (χ3n) is 4.27. The SMILES string of the molecule is COC(=O)c1ccc(NC(=O)OCC2CCN(C(=O)OC(C)(C)C)CC2)cc1. The van der Waals surface area contributed by atoms with Gasteiger partial charge in [0.05, 0.1) is 19.3 Å². The number of carbonyl (C=O) groups excluding carboxylic acids is 3. The van der Waals surface area contributed by atoms with Crippen LogP contribution in [-0.2, 0) is 14.2 Å². The Morgan fingerprint density at radius 1 is 1.11 bits per heavy atom. The lowest BCUT2D eigenvalue weighted by Gasteiger charge is -2.33. The maximum atomic E-state index is 12.1. The molecule has 28 heavy (non-hydrogen) atoms. The molecule has 1 aromatic carbocycles. The van der Waals surface area contributed by atoms with Gasteiger partial charge in [-0.3, -0.25) is 5.32 Å². The number of hydrogen-bond donors (Lipinski definition) is 1. The van der Waals surface area contributed by atoms with Gasteiger partial charge < -0.3 is 19.1 Å². The molecule has 2 rings (SSSR count). The van der Waals surface area contributed by atoms with E-state index >= 15 is 0 Å². The second-order valence-electron chi connectivity index (χ2n) is 7.70. The summed E-state index contributed by atoms with van der Waals surface area (Å²) in [7, 11) is 1.31. The number of nitrogens with zero attached hydrogens (tertiary/aromatic N) is 1. The molecule has 1 aliphatic heterocycles. The topological polar surface area (TPSA) is 94.2 Å². The molecule has 1 saturated heterocycles. The molecule has 1 N–H and O–H groups in total. The van der Waals surface area contributed by atoms with Gasteiger partial charge in [0.1, 0.15) is 5.60 Å². The molecule has 0 saturated carbocycles. The van der Waals surface area contributed by atoms with E-state index in [1.54, 1.807) is 29.2 Å². The number of piperidine rings is 1. The molecular formula is C20H28N2O6.